The number of phenols is 1. The maximum absolute atomic E-state index is 12.4. The van der Waals surface area contributed by atoms with Crippen molar-refractivity contribution in [1.29, 1.82) is 5.26 Å². The van der Waals surface area contributed by atoms with Gasteiger partial charge in [-0.15, -0.1) is 0 Å². The lowest BCUT2D eigenvalue weighted by Gasteiger charge is -2.36. The van der Waals surface area contributed by atoms with Crippen LogP contribution in [0.15, 0.2) is 41.2 Å². The third kappa shape index (κ3) is 3.77. The lowest BCUT2D eigenvalue weighted by molar-refractivity contribution is 0.247. The maximum atomic E-state index is 12.4. The van der Waals surface area contributed by atoms with Crippen molar-refractivity contribution < 1.29 is 5.11 Å². The second-order valence-electron chi connectivity index (χ2n) is 7.14. The fourth-order valence-corrected chi connectivity index (χ4v) is 3.84. The van der Waals surface area contributed by atoms with Crippen molar-refractivity contribution in [1.82, 2.24) is 14.5 Å². The summed E-state index contributed by atoms with van der Waals surface area (Å²) in [5.74, 6) is 0.200. The molecule has 29 heavy (non-hydrogen) atoms. The van der Waals surface area contributed by atoms with Crippen LogP contribution in [0.4, 0.5) is 5.69 Å². The molecule has 0 saturated carbocycles. The van der Waals surface area contributed by atoms with Gasteiger partial charge in [0.2, 0.25) is 0 Å². The number of pyridine rings is 2. The number of phenolic OH excluding ortho intramolecular Hbond substituents is 1. The Morgan fingerprint density at radius 1 is 1.17 bits per heavy atom. The topological polar surface area (TPSA) is 85.4 Å². The highest BCUT2D eigenvalue weighted by Crippen LogP contribution is 2.27. The summed E-state index contributed by atoms with van der Waals surface area (Å²) in [7, 11) is 1.71. The Morgan fingerprint density at radius 2 is 1.93 bits per heavy atom. The van der Waals surface area contributed by atoms with Gasteiger partial charge in [0.25, 0.3) is 5.56 Å². The summed E-state index contributed by atoms with van der Waals surface area (Å²) in [5, 5.41) is 19.8. The van der Waals surface area contributed by atoms with Gasteiger partial charge in [-0.2, -0.15) is 5.26 Å². The van der Waals surface area contributed by atoms with E-state index >= 15 is 0 Å². The zero-order valence-electron chi connectivity index (χ0n) is 16.0. The Hall–Kier alpha value is -3.08. The summed E-state index contributed by atoms with van der Waals surface area (Å²) in [5.41, 5.74) is 3.19. The quantitative estimate of drug-likeness (QED) is 0.715. The van der Waals surface area contributed by atoms with Gasteiger partial charge < -0.3 is 14.6 Å². The Bertz CT molecular complexity index is 1180. The number of rotatable bonds is 3. The highest BCUT2D eigenvalue weighted by molar-refractivity contribution is 6.30. The lowest BCUT2D eigenvalue weighted by atomic mass is 10.1. The first-order valence-corrected chi connectivity index (χ1v) is 9.69. The minimum Gasteiger partial charge on any atom is -0.508 e. The highest BCUT2D eigenvalue weighted by atomic mass is 35.5. The minimum absolute atomic E-state index is 0.104. The number of piperazine rings is 1. The Morgan fingerprint density at radius 3 is 2.62 bits per heavy atom. The Balaban J connectivity index is 1.57. The third-order valence-electron chi connectivity index (χ3n) is 5.34. The number of nitrogens with zero attached hydrogens (tertiary/aromatic N) is 5. The standard InChI is InChI=1S/C21H20ClN5O2/c1-25-17-5-4-16(12-23)24-21(17)18(11-20(25)29)27-8-6-26(7-9-27)13-14-2-3-15(22)10-19(14)28/h2-5,10-11,28H,6-9,13H2,1H3. The molecule has 1 aromatic carbocycles. The van der Waals surface area contributed by atoms with Crippen LogP contribution < -0.4 is 10.5 Å². The second kappa shape index (κ2) is 7.74. The van der Waals surface area contributed by atoms with Gasteiger partial charge >= 0.3 is 0 Å². The number of hydrogen-bond donors (Lipinski definition) is 1. The molecular weight excluding hydrogens is 390 g/mol. The molecule has 148 valence electrons. The van der Waals surface area contributed by atoms with Crippen molar-refractivity contribution in [2.24, 2.45) is 7.05 Å². The van der Waals surface area contributed by atoms with E-state index in [0.717, 1.165) is 37.4 Å². The number of anilines is 1. The first-order chi connectivity index (χ1) is 14.0. The molecule has 0 radical (unpaired) electrons. The average molecular weight is 410 g/mol. The molecule has 0 bridgehead atoms. The molecule has 4 rings (SSSR count). The average Bonchev–Trinajstić information content (AvgIpc) is 2.73. The highest BCUT2D eigenvalue weighted by Gasteiger charge is 2.21. The van der Waals surface area contributed by atoms with Crippen LogP contribution in [0.1, 0.15) is 11.3 Å². The summed E-state index contributed by atoms with van der Waals surface area (Å²) in [6, 6.07) is 12.2. The van der Waals surface area contributed by atoms with Gasteiger partial charge in [-0.3, -0.25) is 9.69 Å². The number of aryl methyl sites for hydroxylation is 1. The van der Waals surface area contributed by atoms with Gasteiger partial charge in [0, 0.05) is 56.4 Å². The normalized spacial score (nSPS) is 14.9. The van der Waals surface area contributed by atoms with Crippen molar-refractivity contribution >= 4 is 28.3 Å². The molecule has 0 amide bonds. The van der Waals surface area contributed by atoms with Crippen molar-refractivity contribution in [3.63, 3.8) is 0 Å². The number of aromatic hydroxyl groups is 1. The van der Waals surface area contributed by atoms with Crippen LogP contribution in [0.25, 0.3) is 11.0 Å². The van der Waals surface area contributed by atoms with Gasteiger partial charge in [-0.25, -0.2) is 4.98 Å². The molecule has 1 saturated heterocycles. The van der Waals surface area contributed by atoms with E-state index in [9.17, 15) is 15.2 Å². The predicted molar refractivity (Wildman–Crippen MR) is 112 cm³/mol. The van der Waals surface area contributed by atoms with Crippen LogP contribution in [0.2, 0.25) is 5.02 Å². The lowest BCUT2D eigenvalue weighted by Crippen LogP contribution is -2.46. The molecule has 2 aromatic heterocycles. The second-order valence-corrected chi connectivity index (χ2v) is 7.58. The monoisotopic (exact) mass is 409 g/mol. The van der Waals surface area contributed by atoms with Gasteiger partial charge in [-0.05, 0) is 24.3 Å². The molecule has 1 aliphatic heterocycles. The molecule has 8 heteroatoms. The molecule has 0 atom stereocenters. The van der Waals surface area contributed by atoms with E-state index in [4.69, 9.17) is 11.6 Å². The predicted octanol–water partition coefficient (Wildman–Crippen LogP) is 2.49. The zero-order valence-corrected chi connectivity index (χ0v) is 16.7. The number of nitriles is 1. The first kappa shape index (κ1) is 19.2. The van der Waals surface area contributed by atoms with Crippen molar-refractivity contribution in [2.75, 3.05) is 31.1 Å². The van der Waals surface area contributed by atoms with Crippen LogP contribution in [-0.4, -0.2) is 45.7 Å². The van der Waals surface area contributed by atoms with Gasteiger partial charge in [0.15, 0.2) is 0 Å². The Kier molecular flexibility index (Phi) is 5.14. The third-order valence-corrected chi connectivity index (χ3v) is 5.57. The molecule has 1 aliphatic rings. The molecule has 7 nitrogen and oxygen atoms in total. The summed E-state index contributed by atoms with van der Waals surface area (Å²) in [6.07, 6.45) is 0. The van der Waals surface area contributed by atoms with Crippen molar-refractivity contribution in [3.05, 3.63) is 63.0 Å². The first-order valence-electron chi connectivity index (χ1n) is 9.32. The fraction of sp³-hybridized carbons (Fsp3) is 0.286. The molecule has 0 unspecified atom stereocenters. The summed E-state index contributed by atoms with van der Waals surface area (Å²) in [4.78, 5) is 21.3. The molecule has 0 spiro atoms. The van der Waals surface area contributed by atoms with Crippen molar-refractivity contribution in [3.8, 4) is 11.8 Å². The zero-order chi connectivity index (χ0) is 20.5. The van der Waals surface area contributed by atoms with Crippen molar-refractivity contribution in [2.45, 2.75) is 6.54 Å². The number of aromatic nitrogens is 2. The van der Waals surface area contributed by atoms with Crippen LogP contribution in [0.5, 0.6) is 5.75 Å². The van der Waals surface area contributed by atoms with E-state index < -0.39 is 0 Å². The number of halogens is 1. The minimum atomic E-state index is -0.104. The molecule has 3 heterocycles. The molecule has 1 fully saturated rings. The van der Waals surface area contributed by atoms with Gasteiger partial charge in [0.1, 0.15) is 23.0 Å². The van der Waals surface area contributed by atoms with E-state index in [0.29, 0.717) is 28.3 Å². The van der Waals surface area contributed by atoms with Gasteiger partial charge in [0.05, 0.1) is 11.2 Å². The summed E-state index contributed by atoms with van der Waals surface area (Å²) < 4.78 is 1.55. The molecule has 1 N–H and O–H groups in total. The van der Waals surface area contributed by atoms with E-state index in [1.807, 2.05) is 6.07 Å². The fourth-order valence-electron chi connectivity index (χ4n) is 3.67. The van der Waals surface area contributed by atoms with Crippen LogP contribution in [0, 0.1) is 11.3 Å². The van der Waals surface area contributed by atoms with Gasteiger partial charge in [-0.1, -0.05) is 17.7 Å². The number of hydrogen-bond acceptors (Lipinski definition) is 6. The van der Waals surface area contributed by atoms with E-state index in [-0.39, 0.29) is 11.3 Å². The number of fused-ring (bicyclic) bond motifs is 1. The largest absolute Gasteiger partial charge is 0.508 e. The van der Waals surface area contributed by atoms with E-state index in [1.165, 1.54) is 0 Å². The van der Waals surface area contributed by atoms with Crippen LogP contribution in [0.3, 0.4) is 0 Å². The molecular formula is C21H20ClN5O2. The molecule has 3 aromatic rings. The molecule has 0 aliphatic carbocycles. The Labute approximate surface area is 173 Å². The SMILES string of the molecule is Cn1c(=O)cc(N2CCN(Cc3ccc(Cl)cc3O)CC2)c2nc(C#N)ccc21. The number of benzene rings is 1. The van der Waals surface area contributed by atoms with E-state index in [2.05, 4.69) is 20.9 Å². The maximum Gasteiger partial charge on any atom is 0.252 e. The summed E-state index contributed by atoms with van der Waals surface area (Å²) in [6.45, 7) is 3.61. The van der Waals surface area contributed by atoms with E-state index in [1.54, 1.807) is 41.9 Å². The van der Waals surface area contributed by atoms with Crippen LogP contribution in [-0.2, 0) is 13.6 Å². The smallest absolute Gasteiger partial charge is 0.252 e. The summed E-state index contributed by atoms with van der Waals surface area (Å²) >= 11 is 5.91. The van der Waals surface area contributed by atoms with Crippen LogP contribution >= 0.6 is 11.6 Å².